The third-order valence-corrected chi connectivity index (χ3v) is 5.15. The number of amides is 2. The first-order valence-corrected chi connectivity index (χ1v) is 9.53. The van der Waals surface area contributed by atoms with Crippen molar-refractivity contribution >= 4 is 17.7 Å². The van der Waals surface area contributed by atoms with E-state index in [0.29, 0.717) is 30.0 Å². The van der Waals surface area contributed by atoms with Crippen molar-refractivity contribution in [2.45, 2.75) is 12.5 Å². The van der Waals surface area contributed by atoms with Crippen LogP contribution in [-0.2, 0) is 11.2 Å². The van der Waals surface area contributed by atoms with Crippen LogP contribution >= 0.6 is 0 Å². The number of fused-ring (bicyclic) bond motifs is 1. The summed E-state index contributed by atoms with van der Waals surface area (Å²) in [5.41, 5.74) is 3.53. The highest BCUT2D eigenvalue weighted by molar-refractivity contribution is 5.94. The van der Waals surface area contributed by atoms with Crippen molar-refractivity contribution in [2.75, 3.05) is 26.1 Å². The Morgan fingerprint density at radius 2 is 2.00 bits per heavy atom. The molecule has 2 heterocycles. The van der Waals surface area contributed by atoms with E-state index in [4.69, 9.17) is 9.47 Å². The second kappa shape index (κ2) is 8.28. The van der Waals surface area contributed by atoms with E-state index in [1.807, 2.05) is 24.3 Å². The monoisotopic (exact) mass is 406 g/mol. The standard InChI is InChI=1S/C22H22N4O4/c1-29-18-9-4-3-8-16(18)20-19-17(23-13-24-19)10-11-26(20)22(28)25-15-7-5-6-14(12-15)21(27)30-2/h3-9,12-13,20H,10-11H2,1-2H3,(H,23,24)(H,25,28)/t20-/m1/s1. The van der Waals surface area contributed by atoms with Gasteiger partial charge in [-0.25, -0.2) is 14.6 Å². The minimum atomic E-state index is -0.461. The second-order valence-electron chi connectivity index (χ2n) is 6.86. The second-order valence-corrected chi connectivity index (χ2v) is 6.86. The lowest BCUT2D eigenvalue weighted by atomic mass is 9.95. The average molecular weight is 406 g/mol. The van der Waals surface area contributed by atoms with Gasteiger partial charge in [0.1, 0.15) is 11.8 Å². The largest absolute Gasteiger partial charge is 0.496 e. The number of carbonyl (C=O) groups is 2. The normalized spacial score (nSPS) is 15.3. The van der Waals surface area contributed by atoms with Crippen LogP contribution in [0.1, 0.15) is 33.4 Å². The van der Waals surface area contributed by atoms with Gasteiger partial charge < -0.3 is 24.7 Å². The van der Waals surface area contributed by atoms with Gasteiger partial charge in [0.2, 0.25) is 0 Å². The van der Waals surface area contributed by atoms with Gasteiger partial charge in [-0.15, -0.1) is 0 Å². The third kappa shape index (κ3) is 3.59. The molecule has 0 unspecified atom stereocenters. The van der Waals surface area contributed by atoms with Crippen molar-refractivity contribution in [2.24, 2.45) is 0 Å². The van der Waals surface area contributed by atoms with E-state index in [0.717, 1.165) is 17.0 Å². The molecule has 30 heavy (non-hydrogen) atoms. The first kappa shape index (κ1) is 19.5. The third-order valence-electron chi connectivity index (χ3n) is 5.15. The Morgan fingerprint density at radius 1 is 1.17 bits per heavy atom. The molecule has 0 saturated heterocycles. The summed E-state index contributed by atoms with van der Waals surface area (Å²) in [7, 11) is 2.93. The van der Waals surface area contributed by atoms with Gasteiger partial charge in [0, 0.05) is 29.9 Å². The molecule has 3 aromatic rings. The number of carbonyl (C=O) groups excluding carboxylic acids is 2. The number of nitrogens with one attached hydrogen (secondary N) is 2. The van der Waals surface area contributed by atoms with Crippen LogP contribution in [0.4, 0.5) is 10.5 Å². The fourth-order valence-electron chi connectivity index (χ4n) is 3.74. The van der Waals surface area contributed by atoms with Crippen LogP contribution in [0.5, 0.6) is 5.75 Å². The van der Waals surface area contributed by atoms with E-state index < -0.39 is 12.0 Å². The highest BCUT2D eigenvalue weighted by atomic mass is 16.5. The number of aromatic nitrogens is 2. The smallest absolute Gasteiger partial charge is 0.337 e. The number of methoxy groups -OCH3 is 2. The fourth-order valence-corrected chi connectivity index (χ4v) is 3.74. The number of aromatic amines is 1. The van der Waals surface area contributed by atoms with Crippen molar-refractivity contribution in [3.05, 3.63) is 77.4 Å². The maximum atomic E-state index is 13.3. The lowest BCUT2D eigenvalue weighted by Gasteiger charge is -2.35. The Labute approximate surface area is 173 Å². The van der Waals surface area contributed by atoms with Gasteiger partial charge in [-0.3, -0.25) is 0 Å². The Morgan fingerprint density at radius 3 is 2.80 bits per heavy atom. The fraction of sp³-hybridized carbons (Fsp3) is 0.227. The summed E-state index contributed by atoms with van der Waals surface area (Å²) in [6.45, 7) is 0.500. The van der Waals surface area contributed by atoms with Crippen molar-refractivity contribution in [1.29, 1.82) is 0 Å². The molecule has 0 fully saturated rings. The minimum absolute atomic E-state index is 0.290. The Balaban J connectivity index is 1.67. The molecule has 0 saturated carbocycles. The number of rotatable bonds is 4. The van der Waals surface area contributed by atoms with Crippen LogP contribution in [0.2, 0.25) is 0 Å². The number of hydrogen-bond donors (Lipinski definition) is 2. The van der Waals surface area contributed by atoms with Gasteiger partial charge >= 0.3 is 12.0 Å². The molecule has 1 aliphatic heterocycles. The lowest BCUT2D eigenvalue weighted by Crippen LogP contribution is -2.43. The number of H-pyrrole nitrogens is 1. The van der Waals surface area contributed by atoms with Gasteiger partial charge in [-0.05, 0) is 24.3 Å². The van der Waals surface area contributed by atoms with Crippen LogP contribution in [0, 0.1) is 0 Å². The summed E-state index contributed by atoms with van der Waals surface area (Å²) < 4.78 is 10.3. The number of hydrogen-bond acceptors (Lipinski definition) is 5. The molecule has 2 amide bonds. The zero-order chi connectivity index (χ0) is 21.1. The van der Waals surface area contributed by atoms with E-state index in [-0.39, 0.29) is 6.03 Å². The zero-order valence-corrected chi connectivity index (χ0v) is 16.7. The molecule has 1 atom stereocenters. The van der Waals surface area contributed by atoms with Crippen molar-refractivity contribution in [3.8, 4) is 5.75 Å². The Bertz CT molecular complexity index is 1080. The highest BCUT2D eigenvalue weighted by Gasteiger charge is 2.35. The summed E-state index contributed by atoms with van der Waals surface area (Å²) in [6, 6.07) is 13.6. The molecular formula is C22H22N4O4. The van der Waals surface area contributed by atoms with E-state index in [1.165, 1.54) is 7.11 Å². The summed E-state index contributed by atoms with van der Waals surface area (Å²) in [5.74, 6) is 0.223. The molecule has 1 aromatic heterocycles. The Hall–Kier alpha value is -3.81. The molecular weight excluding hydrogens is 384 g/mol. The highest BCUT2D eigenvalue weighted by Crippen LogP contribution is 2.38. The summed E-state index contributed by atoms with van der Waals surface area (Å²) in [6.07, 6.45) is 2.31. The van der Waals surface area contributed by atoms with Crippen LogP contribution in [-0.4, -0.2) is 47.6 Å². The van der Waals surface area contributed by atoms with Crippen molar-refractivity contribution < 1.29 is 19.1 Å². The number of esters is 1. The quantitative estimate of drug-likeness (QED) is 0.648. The zero-order valence-electron chi connectivity index (χ0n) is 16.7. The van der Waals surface area contributed by atoms with E-state index >= 15 is 0 Å². The molecule has 2 N–H and O–H groups in total. The molecule has 0 aliphatic carbocycles. The molecule has 1 aliphatic rings. The number of urea groups is 1. The number of benzene rings is 2. The summed E-state index contributed by atoms with van der Waals surface area (Å²) >= 11 is 0. The minimum Gasteiger partial charge on any atom is -0.496 e. The van der Waals surface area contributed by atoms with Gasteiger partial charge in [0.05, 0.1) is 31.8 Å². The van der Waals surface area contributed by atoms with Gasteiger partial charge in [0.15, 0.2) is 0 Å². The predicted octanol–water partition coefficient (Wildman–Crippen LogP) is 3.38. The number of anilines is 1. The maximum Gasteiger partial charge on any atom is 0.337 e. The molecule has 4 rings (SSSR count). The molecule has 0 bridgehead atoms. The molecule has 0 spiro atoms. The van der Waals surface area contributed by atoms with Crippen LogP contribution in [0.25, 0.3) is 0 Å². The van der Waals surface area contributed by atoms with Crippen LogP contribution in [0.3, 0.4) is 0 Å². The lowest BCUT2D eigenvalue weighted by molar-refractivity contribution is 0.0600. The first-order valence-electron chi connectivity index (χ1n) is 9.53. The molecule has 2 aromatic carbocycles. The van der Waals surface area contributed by atoms with Crippen LogP contribution in [0.15, 0.2) is 54.9 Å². The van der Waals surface area contributed by atoms with Gasteiger partial charge in [-0.2, -0.15) is 0 Å². The SMILES string of the molecule is COC(=O)c1cccc(NC(=O)N2CCc3[nH]cnc3[C@H]2c2ccccc2OC)c1. The number of nitrogens with zero attached hydrogens (tertiary/aromatic N) is 2. The summed E-state index contributed by atoms with van der Waals surface area (Å²) in [4.78, 5) is 34.4. The maximum absolute atomic E-state index is 13.3. The van der Waals surface area contributed by atoms with Crippen molar-refractivity contribution in [1.82, 2.24) is 14.9 Å². The Kier molecular flexibility index (Phi) is 5.38. The molecule has 0 radical (unpaired) electrons. The van der Waals surface area contributed by atoms with E-state index in [2.05, 4.69) is 15.3 Å². The van der Waals surface area contributed by atoms with E-state index in [9.17, 15) is 9.59 Å². The number of imidazole rings is 1. The van der Waals surface area contributed by atoms with Crippen molar-refractivity contribution in [3.63, 3.8) is 0 Å². The van der Waals surface area contributed by atoms with Gasteiger partial charge in [0.25, 0.3) is 0 Å². The van der Waals surface area contributed by atoms with E-state index in [1.54, 1.807) is 42.6 Å². The molecule has 154 valence electrons. The summed E-state index contributed by atoms with van der Waals surface area (Å²) in [5, 5.41) is 2.89. The first-order chi connectivity index (χ1) is 14.6. The molecule has 8 nitrogen and oxygen atoms in total. The average Bonchev–Trinajstić information content (AvgIpc) is 3.27. The number of ether oxygens (including phenoxy) is 2. The number of para-hydroxylation sites is 1. The topological polar surface area (TPSA) is 96.6 Å². The van der Waals surface area contributed by atoms with Gasteiger partial charge in [-0.1, -0.05) is 24.3 Å². The predicted molar refractivity (Wildman–Crippen MR) is 111 cm³/mol. The molecule has 8 heteroatoms. The van der Waals surface area contributed by atoms with Crippen LogP contribution < -0.4 is 10.1 Å².